The number of rotatable bonds is 1. The van der Waals surface area contributed by atoms with Gasteiger partial charge in [-0.15, -0.1) is 11.3 Å². The van der Waals surface area contributed by atoms with Crippen LogP contribution in [0.5, 0.6) is 0 Å². The molecule has 0 aromatic carbocycles. The Labute approximate surface area is 58.6 Å². The van der Waals surface area contributed by atoms with Crippen molar-refractivity contribution >= 4 is 22.3 Å². The smallest absolute Gasteiger partial charge is 0.00424 e. The fourth-order valence-electron chi connectivity index (χ4n) is 0.514. The minimum atomic E-state index is 0. The van der Waals surface area contributed by atoms with Crippen LogP contribution in [0, 0.1) is 0 Å². The lowest BCUT2D eigenvalue weighted by Gasteiger charge is -1.78. The van der Waals surface area contributed by atoms with Gasteiger partial charge in [0.25, 0.3) is 0 Å². The molecule has 0 nitrogen and oxygen atoms in total. The van der Waals surface area contributed by atoms with E-state index in [-0.39, 0.29) is 11.0 Å². The lowest BCUT2D eigenvalue weighted by atomic mass is 10.4. The third-order valence-electron chi connectivity index (χ3n) is 0.929. The summed E-state index contributed by atoms with van der Waals surface area (Å²) in [5.74, 6) is 0. The maximum Gasteiger partial charge on any atom is 0.00424 e. The molecule has 0 spiro atoms. The van der Waals surface area contributed by atoms with E-state index in [0.717, 1.165) is 0 Å². The highest BCUT2D eigenvalue weighted by Gasteiger charge is 1.82. The zero-order valence-corrected chi connectivity index (χ0v) is 5.16. The van der Waals surface area contributed by atoms with Crippen LogP contribution in [-0.2, 0) is 6.42 Å². The maximum absolute atomic E-state index is 2.17. The van der Waals surface area contributed by atoms with E-state index >= 15 is 0 Å². The second-order valence-corrected chi connectivity index (χ2v) is 2.47. The number of hydrogen-bond acceptors (Lipinski definition) is 1. The van der Waals surface area contributed by atoms with Gasteiger partial charge in [0.15, 0.2) is 0 Å². The fourth-order valence-corrected chi connectivity index (χ4v) is 1.17. The standard InChI is InChI=1S/C6H8S.H4Si/c1-2-6-4-3-5-7-6;/h3-5H,2H2,1H3;1H4. The van der Waals surface area contributed by atoms with Crippen molar-refractivity contribution in [3.05, 3.63) is 22.4 Å². The summed E-state index contributed by atoms with van der Waals surface area (Å²) < 4.78 is 0. The predicted octanol–water partition coefficient (Wildman–Crippen LogP) is 0.859. The minimum Gasteiger partial charge on any atom is -0.149 e. The third-order valence-corrected chi connectivity index (χ3v) is 1.95. The molecule has 0 N–H and O–H groups in total. The molecule has 0 radical (unpaired) electrons. The van der Waals surface area contributed by atoms with Crippen molar-refractivity contribution in [3.63, 3.8) is 0 Å². The van der Waals surface area contributed by atoms with Crippen LogP contribution in [0.4, 0.5) is 0 Å². The molecule has 0 fully saturated rings. The zero-order valence-electron chi connectivity index (χ0n) is 4.35. The van der Waals surface area contributed by atoms with Gasteiger partial charge in [-0.2, -0.15) is 0 Å². The second kappa shape index (κ2) is 3.86. The van der Waals surface area contributed by atoms with Gasteiger partial charge in [-0.3, -0.25) is 0 Å². The van der Waals surface area contributed by atoms with Crippen LogP contribution in [0.2, 0.25) is 0 Å². The van der Waals surface area contributed by atoms with E-state index < -0.39 is 0 Å². The highest BCUT2D eigenvalue weighted by Crippen LogP contribution is 2.07. The summed E-state index contributed by atoms with van der Waals surface area (Å²) >= 11 is 1.82. The lowest BCUT2D eigenvalue weighted by Crippen LogP contribution is -1.63. The summed E-state index contributed by atoms with van der Waals surface area (Å²) in [6.45, 7) is 2.17. The van der Waals surface area contributed by atoms with Crippen molar-refractivity contribution in [2.24, 2.45) is 0 Å². The topological polar surface area (TPSA) is 0 Å². The second-order valence-electron chi connectivity index (χ2n) is 1.43. The Bertz CT molecular complexity index is 123. The van der Waals surface area contributed by atoms with Gasteiger partial charge in [-0.05, 0) is 28.8 Å². The summed E-state index contributed by atoms with van der Waals surface area (Å²) in [6, 6.07) is 4.24. The molecule has 1 heterocycles. The molecule has 1 aromatic heterocycles. The Balaban J connectivity index is 0.000000490. The lowest BCUT2D eigenvalue weighted by molar-refractivity contribution is 1.19. The third kappa shape index (κ3) is 1.80. The predicted molar refractivity (Wildman–Crippen MR) is 45.0 cm³/mol. The average Bonchev–Trinajstić information content (AvgIpc) is 2.14. The highest BCUT2D eigenvalue weighted by atomic mass is 32.1. The van der Waals surface area contributed by atoms with Crippen molar-refractivity contribution in [2.45, 2.75) is 13.3 Å². The summed E-state index contributed by atoms with van der Waals surface area (Å²) in [5, 5.41) is 2.11. The van der Waals surface area contributed by atoms with Crippen molar-refractivity contribution < 1.29 is 0 Å². The van der Waals surface area contributed by atoms with E-state index in [1.807, 2.05) is 11.3 Å². The number of aryl methyl sites for hydroxylation is 1. The normalized spacial score (nSPS) is 8.12. The number of hydrogen-bond donors (Lipinski definition) is 0. The minimum absolute atomic E-state index is 0. The van der Waals surface area contributed by atoms with Gasteiger partial charge < -0.3 is 0 Å². The molecule has 2 heteroatoms. The van der Waals surface area contributed by atoms with Gasteiger partial charge in [-0.1, -0.05) is 13.0 Å². The first-order chi connectivity index (χ1) is 3.43. The largest absolute Gasteiger partial charge is 0.149 e. The van der Waals surface area contributed by atoms with Gasteiger partial charge in [0.2, 0.25) is 0 Å². The van der Waals surface area contributed by atoms with Gasteiger partial charge >= 0.3 is 0 Å². The van der Waals surface area contributed by atoms with Gasteiger partial charge in [0.1, 0.15) is 0 Å². The Kier molecular flexibility index (Phi) is 3.82. The Morgan fingerprint density at radius 2 is 2.38 bits per heavy atom. The van der Waals surface area contributed by atoms with Crippen LogP contribution in [-0.4, -0.2) is 11.0 Å². The molecular weight excluding hydrogens is 132 g/mol. The van der Waals surface area contributed by atoms with E-state index in [9.17, 15) is 0 Å². The van der Waals surface area contributed by atoms with E-state index in [4.69, 9.17) is 0 Å². The molecule has 0 bridgehead atoms. The van der Waals surface area contributed by atoms with Crippen molar-refractivity contribution in [1.29, 1.82) is 0 Å². The number of thiophene rings is 1. The van der Waals surface area contributed by atoms with E-state index in [1.54, 1.807) is 0 Å². The molecule has 1 aromatic rings. The molecule has 1 rings (SSSR count). The van der Waals surface area contributed by atoms with Gasteiger partial charge in [0, 0.05) is 4.88 Å². The zero-order chi connectivity index (χ0) is 5.11. The van der Waals surface area contributed by atoms with Crippen LogP contribution in [0.3, 0.4) is 0 Å². The van der Waals surface area contributed by atoms with Gasteiger partial charge in [0.05, 0.1) is 0 Å². The monoisotopic (exact) mass is 144 g/mol. The first-order valence-electron chi connectivity index (χ1n) is 2.46. The van der Waals surface area contributed by atoms with E-state index in [0.29, 0.717) is 0 Å². The molecule has 0 aliphatic carbocycles. The van der Waals surface area contributed by atoms with Crippen LogP contribution in [0.25, 0.3) is 0 Å². The van der Waals surface area contributed by atoms with Crippen molar-refractivity contribution in [3.8, 4) is 0 Å². The molecule has 0 amide bonds. The molecule has 0 saturated carbocycles. The van der Waals surface area contributed by atoms with Gasteiger partial charge in [-0.25, -0.2) is 0 Å². The van der Waals surface area contributed by atoms with Crippen LogP contribution < -0.4 is 0 Å². The SMILES string of the molecule is CCc1cccs1.[SiH4]. The quantitative estimate of drug-likeness (QED) is 0.513. The van der Waals surface area contributed by atoms with Crippen LogP contribution in [0.15, 0.2) is 17.5 Å². The average molecular weight is 144 g/mol. The summed E-state index contributed by atoms with van der Waals surface area (Å²) in [7, 11) is 0. The summed E-state index contributed by atoms with van der Waals surface area (Å²) in [6.07, 6.45) is 1.18. The van der Waals surface area contributed by atoms with E-state index in [1.165, 1.54) is 11.3 Å². The van der Waals surface area contributed by atoms with Crippen molar-refractivity contribution in [2.75, 3.05) is 0 Å². The van der Waals surface area contributed by atoms with Crippen molar-refractivity contribution in [1.82, 2.24) is 0 Å². The van der Waals surface area contributed by atoms with Crippen LogP contribution >= 0.6 is 11.3 Å². The summed E-state index contributed by atoms with van der Waals surface area (Å²) in [4.78, 5) is 1.47. The molecule has 8 heavy (non-hydrogen) atoms. The molecule has 0 aliphatic rings. The Morgan fingerprint density at radius 3 is 2.62 bits per heavy atom. The van der Waals surface area contributed by atoms with Crippen LogP contribution in [0.1, 0.15) is 11.8 Å². The maximum atomic E-state index is 2.17. The first-order valence-corrected chi connectivity index (χ1v) is 3.34. The highest BCUT2D eigenvalue weighted by molar-refractivity contribution is 7.09. The summed E-state index contributed by atoms with van der Waals surface area (Å²) in [5.41, 5.74) is 0. The molecule has 0 saturated heterocycles. The molecular formula is C6H12SSi. The first kappa shape index (κ1) is 7.92. The molecule has 46 valence electrons. The Morgan fingerprint density at radius 1 is 1.62 bits per heavy atom. The fraction of sp³-hybridized carbons (Fsp3) is 0.333. The van der Waals surface area contributed by atoms with E-state index in [2.05, 4.69) is 24.4 Å². The molecule has 0 aliphatic heterocycles. The molecule has 0 atom stereocenters. The molecule has 0 unspecified atom stereocenters. The Hall–Kier alpha value is -0.0831.